The summed E-state index contributed by atoms with van der Waals surface area (Å²) in [7, 11) is -3.19. The van der Waals surface area contributed by atoms with Gasteiger partial charge in [0.1, 0.15) is 0 Å². The fourth-order valence-electron chi connectivity index (χ4n) is 1.52. The van der Waals surface area contributed by atoms with Crippen LogP contribution in [0.2, 0.25) is 0 Å². The molecule has 0 aromatic rings. The van der Waals surface area contributed by atoms with Gasteiger partial charge in [0, 0.05) is 19.2 Å². The number of hydrogen-bond acceptors (Lipinski definition) is 3. The van der Waals surface area contributed by atoms with Gasteiger partial charge in [0.05, 0.1) is 5.75 Å². The highest BCUT2D eigenvalue weighted by molar-refractivity contribution is 7.89. The van der Waals surface area contributed by atoms with E-state index in [0.29, 0.717) is 13.0 Å². The summed E-state index contributed by atoms with van der Waals surface area (Å²) in [5.41, 5.74) is 0. The van der Waals surface area contributed by atoms with Crippen LogP contribution in [0, 0.1) is 0 Å². The van der Waals surface area contributed by atoms with Crippen molar-refractivity contribution < 1.29 is 13.5 Å². The van der Waals surface area contributed by atoms with Gasteiger partial charge >= 0.3 is 0 Å². The second-order valence-electron chi connectivity index (χ2n) is 4.11. The molecule has 0 bridgehead atoms. The van der Waals surface area contributed by atoms with Crippen molar-refractivity contribution in [1.29, 1.82) is 0 Å². The summed E-state index contributed by atoms with van der Waals surface area (Å²) in [6, 6.07) is 0.0512. The van der Waals surface area contributed by atoms with E-state index in [1.54, 1.807) is 4.31 Å². The topological polar surface area (TPSA) is 57.6 Å². The average molecular weight is 251 g/mol. The molecule has 16 heavy (non-hydrogen) atoms. The van der Waals surface area contributed by atoms with Crippen LogP contribution in [0.3, 0.4) is 0 Å². The molecule has 0 heterocycles. The summed E-state index contributed by atoms with van der Waals surface area (Å²) in [5, 5.41) is 8.70. The van der Waals surface area contributed by atoms with Crippen molar-refractivity contribution >= 4 is 10.0 Å². The minimum Gasteiger partial charge on any atom is -0.396 e. The Morgan fingerprint density at radius 3 is 2.31 bits per heavy atom. The molecule has 0 radical (unpaired) electrons. The van der Waals surface area contributed by atoms with E-state index in [9.17, 15) is 8.42 Å². The molecule has 98 valence electrons. The predicted molar refractivity (Wildman–Crippen MR) is 66.9 cm³/mol. The van der Waals surface area contributed by atoms with Gasteiger partial charge in [-0.3, -0.25) is 0 Å². The van der Waals surface area contributed by atoms with Gasteiger partial charge in [0.15, 0.2) is 0 Å². The van der Waals surface area contributed by atoms with E-state index >= 15 is 0 Å². The van der Waals surface area contributed by atoms with Crippen molar-refractivity contribution in [2.75, 3.05) is 18.9 Å². The first-order valence-corrected chi connectivity index (χ1v) is 7.70. The van der Waals surface area contributed by atoms with Crippen LogP contribution in [-0.2, 0) is 10.0 Å². The van der Waals surface area contributed by atoms with Crippen LogP contribution >= 0.6 is 0 Å². The quantitative estimate of drug-likeness (QED) is 0.677. The zero-order valence-electron chi connectivity index (χ0n) is 10.6. The molecular weight excluding hydrogens is 226 g/mol. The van der Waals surface area contributed by atoms with Gasteiger partial charge in [0.25, 0.3) is 0 Å². The highest BCUT2D eigenvalue weighted by Gasteiger charge is 2.24. The van der Waals surface area contributed by atoms with Gasteiger partial charge in [-0.25, -0.2) is 8.42 Å². The van der Waals surface area contributed by atoms with Crippen molar-refractivity contribution in [3.05, 3.63) is 0 Å². The molecule has 1 unspecified atom stereocenters. The molecule has 0 saturated carbocycles. The molecule has 0 aliphatic rings. The Bertz CT molecular complexity index is 264. The lowest BCUT2D eigenvalue weighted by atomic mass is 10.2. The van der Waals surface area contributed by atoms with Gasteiger partial charge in [0.2, 0.25) is 10.0 Å². The van der Waals surface area contributed by atoms with E-state index in [2.05, 4.69) is 6.92 Å². The van der Waals surface area contributed by atoms with Gasteiger partial charge < -0.3 is 5.11 Å². The smallest absolute Gasteiger partial charge is 0.214 e. The summed E-state index contributed by atoms with van der Waals surface area (Å²) in [6.45, 7) is 6.51. The maximum Gasteiger partial charge on any atom is 0.214 e. The zero-order valence-corrected chi connectivity index (χ0v) is 11.5. The molecule has 1 N–H and O–H groups in total. The van der Waals surface area contributed by atoms with Crippen molar-refractivity contribution in [3.63, 3.8) is 0 Å². The van der Waals surface area contributed by atoms with Crippen molar-refractivity contribution in [3.8, 4) is 0 Å². The lowest BCUT2D eigenvalue weighted by molar-refractivity contribution is 0.290. The van der Waals surface area contributed by atoms with Crippen LogP contribution in [-0.4, -0.2) is 42.8 Å². The average Bonchev–Trinajstić information content (AvgIpc) is 2.26. The molecule has 0 aliphatic carbocycles. The highest BCUT2D eigenvalue weighted by Crippen LogP contribution is 2.13. The minimum atomic E-state index is -3.19. The molecule has 1 atom stereocenters. The van der Waals surface area contributed by atoms with Gasteiger partial charge in [-0.2, -0.15) is 4.31 Å². The number of aliphatic hydroxyl groups is 1. The molecule has 0 aromatic carbocycles. The van der Waals surface area contributed by atoms with Gasteiger partial charge in [-0.15, -0.1) is 0 Å². The first-order chi connectivity index (χ1) is 7.49. The van der Waals surface area contributed by atoms with Crippen molar-refractivity contribution in [2.24, 2.45) is 0 Å². The second kappa shape index (κ2) is 8.03. The monoisotopic (exact) mass is 251 g/mol. The lowest BCUT2D eigenvalue weighted by Crippen LogP contribution is -2.40. The molecule has 0 aromatic heterocycles. The third-order valence-electron chi connectivity index (χ3n) is 2.73. The van der Waals surface area contributed by atoms with Crippen LogP contribution in [0.15, 0.2) is 0 Å². The van der Waals surface area contributed by atoms with Crippen molar-refractivity contribution in [1.82, 2.24) is 4.31 Å². The van der Waals surface area contributed by atoms with Crippen molar-refractivity contribution in [2.45, 2.75) is 52.5 Å². The first-order valence-electron chi connectivity index (χ1n) is 6.10. The standard InChI is InChI=1S/C11H25NO3S/c1-4-6-8-12(11(3)5-2)16(14,15)10-7-9-13/h11,13H,4-10H2,1-3H3. The predicted octanol–water partition coefficient (Wildman–Crippen LogP) is 1.60. The molecule has 0 spiro atoms. The van der Waals surface area contributed by atoms with E-state index in [1.807, 2.05) is 13.8 Å². The Hall–Kier alpha value is -0.130. The molecule has 5 heteroatoms. The largest absolute Gasteiger partial charge is 0.396 e. The van der Waals surface area contributed by atoms with Crippen LogP contribution in [0.4, 0.5) is 0 Å². The van der Waals surface area contributed by atoms with Crippen LogP contribution < -0.4 is 0 Å². The second-order valence-corrected chi connectivity index (χ2v) is 6.16. The maximum atomic E-state index is 12.0. The fraction of sp³-hybridized carbons (Fsp3) is 1.00. The Kier molecular flexibility index (Phi) is 7.97. The van der Waals surface area contributed by atoms with Crippen LogP contribution in [0.25, 0.3) is 0 Å². The number of rotatable bonds is 9. The first kappa shape index (κ1) is 15.9. The van der Waals surface area contributed by atoms with Gasteiger partial charge in [-0.1, -0.05) is 20.3 Å². The SMILES string of the molecule is CCCCN(C(C)CC)S(=O)(=O)CCCO. The number of sulfonamides is 1. The van der Waals surface area contributed by atoms with E-state index in [-0.39, 0.29) is 18.4 Å². The van der Waals surface area contributed by atoms with Crippen LogP contribution in [0.5, 0.6) is 0 Å². The number of unbranched alkanes of at least 4 members (excludes halogenated alkanes) is 1. The Balaban J connectivity index is 4.59. The summed E-state index contributed by atoms with van der Waals surface area (Å²) >= 11 is 0. The maximum absolute atomic E-state index is 12.0. The van der Waals surface area contributed by atoms with Gasteiger partial charge in [-0.05, 0) is 26.2 Å². The summed E-state index contributed by atoms with van der Waals surface area (Å²) < 4.78 is 25.6. The Morgan fingerprint density at radius 1 is 1.25 bits per heavy atom. The molecule has 0 rings (SSSR count). The fourth-order valence-corrected chi connectivity index (χ4v) is 3.35. The zero-order chi connectivity index (χ0) is 12.6. The molecule has 0 saturated heterocycles. The Labute approximate surface area is 99.7 Å². The molecule has 0 aliphatic heterocycles. The molecule has 0 fully saturated rings. The molecule has 0 amide bonds. The lowest BCUT2D eigenvalue weighted by Gasteiger charge is -2.27. The highest BCUT2D eigenvalue weighted by atomic mass is 32.2. The Morgan fingerprint density at radius 2 is 1.88 bits per heavy atom. The molecular formula is C11H25NO3S. The third-order valence-corrected chi connectivity index (χ3v) is 4.79. The summed E-state index contributed by atoms with van der Waals surface area (Å²) in [4.78, 5) is 0. The summed E-state index contributed by atoms with van der Waals surface area (Å²) in [5.74, 6) is 0.0531. The van der Waals surface area contributed by atoms with E-state index in [0.717, 1.165) is 19.3 Å². The number of nitrogens with zero attached hydrogens (tertiary/aromatic N) is 1. The van der Waals surface area contributed by atoms with Crippen LogP contribution in [0.1, 0.15) is 46.5 Å². The minimum absolute atomic E-state index is 0.0512. The molecule has 4 nitrogen and oxygen atoms in total. The van der Waals surface area contributed by atoms with E-state index in [1.165, 1.54) is 0 Å². The van der Waals surface area contributed by atoms with E-state index < -0.39 is 10.0 Å². The number of aliphatic hydroxyl groups excluding tert-OH is 1. The van der Waals surface area contributed by atoms with E-state index in [4.69, 9.17) is 5.11 Å². The normalized spacial score (nSPS) is 14.3. The third kappa shape index (κ3) is 5.27. The number of hydrogen-bond donors (Lipinski definition) is 1. The summed E-state index contributed by atoms with van der Waals surface area (Å²) in [6.07, 6.45) is 3.02.